The molecule has 0 aliphatic carbocycles. The van der Waals surface area contributed by atoms with Crippen molar-refractivity contribution in [2.45, 2.75) is 0 Å². The van der Waals surface area contributed by atoms with Gasteiger partial charge in [0.2, 0.25) is 0 Å². The van der Waals surface area contributed by atoms with E-state index in [4.69, 9.17) is 9.84 Å². The Kier molecular flexibility index (Phi) is 4.95. The first kappa shape index (κ1) is 16.7. The number of aromatic carboxylic acids is 1. The van der Waals surface area contributed by atoms with Crippen molar-refractivity contribution in [2.24, 2.45) is 5.10 Å². The topological polar surface area (TPSA) is 134 Å². The summed E-state index contributed by atoms with van der Waals surface area (Å²) in [7, 11) is 1.28. The molecule has 0 saturated heterocycles. The van der Waals surface area contributed by atoms with E-state index in [9.17, 15) is 20.0 Å². The Balaban J connectivity index is 2.20. The van der Waals surface area contributed by atoms with Gasteiger partial charge in [0.05, 0.1) is 35.6 Å². The van der Waals surface area contributed by atoms with Gasteiger partial charge in [0.25, 0.3) is 5.69 Å². The van der Waals surface area contributed by atoms with E-state index in [1.54, 1.807) is 0 Å². The normalized spacial score (nSPS) is 10.5. The number of hydrogen-bond acceptors (Lipinski definition) is 7. The zero-order valence-corrected chi connectivity index (χ0v) is 12.5. The molecule has 0 spiro atoms. The molecule has 0 fully saturated rings. The first-order valence-corrected chi connectivity index (χ1v) is 6.60. The van der Waals surface area contributed by atoms with Crippen LogP contribution in [0.3, 0.4) is 0 Å². The highest BCUT2D eigenvalue weighted by atomic mass is 16.6. The molecule has 124 valence electrons. The number of benzene rings is 2. The summed E-state index contributed by atoms with van der Waals surface area (Å²) in [5, 5.41) is 33.5. The van der Waals surface area contributed by atoms with E-state index in [2.05, 4.69) is 10.5 Å². The number of carboxylic acids is 1. The molecule has 2 rings (SSSR count). The summed E-state index contributed by atoms with van der Waals surface area (Å²) in [6.07, 6.45) is 1.19. The highest BCUT2D eigenvalue weighted by molar-refractivity contribution is 5.88. The lowest BCUT2D eigenvalue weighted by molar-refractivity contribution is -0.385. The van der Waals surface area contributed by atoms with E-state index in [1.165, 1.54) is 37.6 Å². The fraction of sp³-hybridized carbons (Fsp3) is 0.0667. The molecule has 0 heterocycles. The molecule has 0 atom stereocenters. The zero-order chi connectivity index (χ0) is 17.7. The smallest absolute Gasteiger partial charge is 0.335 e. The number of methoxy groups -OCH3 is 1. The monoisotopic (exact) mass is 331 g/mol. The third kappa shape index (κ3) is 3.77. The number of rotatable bonds is 6. The lowest BCUT2D eigenvalue weighted by atomic mass is 10.2. The molecule has 0 saturated carbocycles. The number of phenolic OH excluding ortho intramolecular Hbond substituents is 1. The number of nitrogens with zero attached hydrogens (tertiary/aromatic N) is 2. The maximum Gasteiger partial charge on any atom is 0.335 e. The molecule has 0 amide bonds. The van der Waals surface area contributed by atoms with Crippen molar-refractivity contribution in [1.82, 2.24) is 0 Å². The molecule has 3 N–H and O–H groups in total. The van der Waals surface area contributed by atoms with Crippen molar-refractivity contribution in [3.05, 3.63) is 57.6 Å². The molecule has 9 nitrogen and oxygen atoms in total. The fourth-order valence-electron chi connectivity index (χ4n) is 1.84. The van der Waals surface area contributed by atoms with Gasteiger partial charge in [-0.1, -0.05) is 0 Å². The van der Waals surface area contributed by atoms with Gasteiger partial charge < -0.3 is 14.9 Å². The predicted molar refractivity (Wildman–Crippen MR) is 85.9 cm³/mol. The van der Waals surface area contributed by atoms with Crippen LogP contribution in [0.15, 0.2) is 41.5 Å². The number of non-ortho nitro benzene ring substituents is 1. The zero-order valence-electron chi connectivity index (χ0n) is 12.5. The molecule has 2 aromatic rings. The highest BCUT2D eigenvalue weighted by Gasteiger charge is 2.15. The Morgan fingerprint density at radius 2 is 2.00 bits per heavy atom. The lowest BCUT2D eigenvalue weighted by Crippen LogP contribution is -1.97. The maximum atomic E-state index is 10.9. The Labute approximate surface area is 136 Å². The third-order valence-electron chi connectivity index (χ3n) is 3.05. The van der Waals surface area contributed by atoms with Crippen LogP contribution >= 0.6 is 0 Å². The first-order chi connectivity index (χ1) is 11.4. The standard InChI is InChI=1S/C15H13N3O6/c1-24-13-7-12(18(22)23)6-10(14(13)19)8-16-17-11-4-2-9(3-5-11)15(20)21/h2-8,17,19H,1H3,(H,20,21)/b16-8+. The second-order valence-corrected chi connectivity index (χ2v) is 4.60. The quantitative estimate of drug-likeness (QED) is 0.420. The number of nitro benzene ring substituents is 1. The molecular formula is C15H13N3O6. The maximum absolute atomic E-state index is 10.9. The van der Waals surface area contributed by atoms with E-state index in [0.29, 0.717) is 5.69 Å². The van der Waals surface area contributed by atoms with Gasteiger partial charge in [-0.3, -0.25) is 15.5 Å². The Bertz CT molecular complexity index is 802. The minimum Gasteiger partial charge on any atom is -0.504 e. The van der Waals surface area contributed by atoms with E-state index in [1.807, 2.05) is 0 Å². The van der Waals surface area contributed by atoms with Crippen LogP contribution in [0.5, 0.6) is 11.5 Å². The number of aromatic hydroxyl groups is 1. The van der Waals surface area contributed by atoms with Crippen LogP contribution in [-0.2, 0) is 0 Å². The molecule has 0 radical (unpaired) electrons. The Morgan fingerprint density at radius 3 is 2.54 bits per heavy atom. The molecule has 2 aromatic carbocycles. The molecule has 24 heavy (non-hydrogen) atoms. The summed E-state index contributed by atoms with van der Waals surface area (Å²) in [5.74, 6) is -1.37. The van der Waals surface area contributed by atoms with Crippen LogP contribution in [0.25, 0.3) is 0 Å². The minimum atomic E-state index is -1.04. The van der Waals surface area contributed by atoms with Crippen molar-refractivity contribution in [1.29, 1.82) is 0 Å². The predicted octanol–water partition coefficient (Wildman–Crippen LogP) is 2.45. The van der Waals surface area contributed by atoms with Gasteiger partial charge in [-0.25, -0.2) is 4.79 Å². The van der Waals surface area contributed by atoms with Gasteiger partial charge in [-0.2, -0.15) is 5.10 Å². The van der Waals surface area contributed by atoms with Gasteiger partial charge in [-0.05, 0) is 24.3 Å². The highest BCUT2D eigenvalue weighted by Crippen LogP contribution is 2.33. The number of hydrogen-bond donors (Lipinski definition) is 3. The van der Waals surface area contributed by atoms with Crippen LogP contribution in [-0.4, -0.2) is 34.4 Å². The number of nitro groups is 1. The van der Waals surface area contributed by atoms with E-state index < -0.39 is 10.9 Å². The summed E-state index contributed by atoms with van der Waals surface area (Å²) in [4.78, 5) is 21.0. The molecular weight excluding hydrogens is 318 g/mol. The van der Waals surface area contributed by atoms with E-state index in [-0.39, 0.29) is 28.3 Å². The largest absolute Gasteiger partial charge is 0.504 e. The summed E-state index contributed by atoms with van der Waals surface area (Å²) in [5.41, 5.74) is 3.11. The summed E-state index contributed by atoms with van der Waals surface area (Å²) in [6, 6.07) is 8.06. The fourth-order valence-corrected chi connectivity index (χ4v) is 1.84. The minimum absolute atomic E-state index is 0.0449. The van der Waals surface area contributed by atoms with Crippen LogP contribution in [0.4, 0.5) is 11.4 Å². The molecule has 0 bridgehead atoms. The average molecular weight is 331 g/mol. The van der Waals surface area contributed by atoms with Crippen molar-refractivity contribution in [3.8, 4) is 11.5 Å². The van der Waals surface area contributed by atoms with Gasteiger partial charge >= 0.3 is 5.97 Å². The number of ether oxygens (including phenoxy) is 1. The second kappa shape index (κ2) is 7.09. The van der Waals surface area contributed by atoms with Crippen LogP contribution in [0.1, 0.15) is 15.9 Å². The van der Waals surface area contributed by atoms with Gasteiger partial charge in [0, 0.05) is 11.6 Å². The van der Waals surface area contributed by atoms with Crippen molar-refractivity contribution < 1.29 is 24.7 Å². The van der Waals surface area contributed by atoms with Crippen molar-refractivity contribution in [3.63, 3.8) is 0 Å². The third-order valence-corrected chi connectivity index (χ3v) is 3.05. The van der Waals surface area contributed by atoms with Gasteiger partial charge in [-0.15, -0.1) is 0 Å². The van der Waals surface area contributed by atoms with Crippen molar-refractivity contribution in [2.75, 3.05) is 12.5 Å². The first-order valence-electron chi connectivity index (χ1n) is 6.60. The van der Waals surface area contributed by atoms with Crippen LogP contribution in [0, 0.1) is 10.1 Å². The molecule has 0 aliphatic heterocycles. The molecule has 9 heteroatoms. The lowest BCUT2D eigenvalue weighted by Gasteiger charge is -2.06. The summed E-state index contributed by atoms with van der Waals surface area (Å²) in [6.45, 7) is 0. The van der Waals surface area contributed by atoms with Gasteiger partial charge in [0.1, 0.15) is 0 Å². The SMILES string of the molecule is COc1cc([N+](=O)[O-])cc(/C=N/Nc2ccc(C(=O)O)cc2)c1O. The molecule has 0 aromatic heterocycles. The second-order valence-electron chi connectivity index (χ2n) is 4.60. The Hall–Kier alpha value is -3.62. The number of nitrogens with one attached hydrogen (secondary N) is 1. The number of carbonyl (C=O) groups is 1. The number of phenols is 1. The van der Waals surface area contributed by atoms with Crippen LogP contribution in [0.2, 0.25) is 0 Å². The molecule has 0 aliphatic rings. The molecule has 0 unspecified atom stereocenters. The number of hydrazone groups is 1. The van der Waals surface area contributed by atoms with Crippen LogP contribution < -0.4 is 10.2 Å². The van der Waals surface area contributed by atoms with E-state index in [0.717, 1.165) is 12.1 Å². The van der Waals surface area contributed by atoms with Gasteiger partial charge in [0.15, 0.2) is 11.5 Å². The number of anilines is 1. The Morgan fingerprint density at radius 1 is 1.33 bits per heavy atom. The summed E-state index contributed by atoms with van der Waals surface area (Å²) < 4.78 is 4.88. The average Bonchev–Trinajstić information content (AvgIpc) is 2.56. The summed E-state index contributed by atoms with van der Waals surface area (Å²) >= 11 is 0. The van der Waals surface area contributed by atoms with E-state index >= 15 is 0 Å². The number of carboxylic acid groups (broad SMARTS) is 1. The van der Waals surface area contributed by atoms with Crippen molar-refractivity contribution >= 4 is 23.6 Å².